The van der Waals surface area contributed by atoms with E-state index in [1.807, 2.05) is 0 Å². The SMILES string of the molecule is Cc1cc(C)c(C(C)(C)CNCC=O)c(C)c1. The smallest absolute Gasteiger partial charge is 0.133 e. The fraction of sp³-hybridized carbons (Fsp3) is 0.533. The van der Waals surface area contributed by atoms with Gasteiger partial charge < -0.3 is 10.1 Å². The molecular formula is C15H23NO. The zero-order chi connectivity index (χ0) is 13.1. The van der Waals surface area contributed by atoms with Gasteiger partial charge in [0, 0.05) is 12.0 Å². The number of hydrogen-bond donors (Lipinski definition) is 1. The number of aldehydes is 1. The van der Waals surface area contributed by atoms with E-state index in [4.69, 9.17) is 0 Å². The Hall–Kier alpha value is -1.15. The van der Waals surface area contributed by atoms with Crippen LogP contribution in [-0.2, 0) is 10.2 Å². The molecule has 0 saturated heterocycles. The molecule has 0 aliphatic heterocycles. The Bertz CT molecular complexity index is 384. The molecule has 0 radical (unpaired) electrons. The van der Waals surface area contributed by atoms with Gasteiger partial charge in [-0.3, -0.25) is 0 Å². The molecule has 0 aliphatic carbocycles. The minimum absolute atomic E-state index is 0.0465. The standard InChI is InChI=1S/C15H23NO/c1-11-8-12(2)14(13(3)9-11)15(4,5)10-16-6-7-17/h7-9,16H,6,10H2,1-5H3. The van der Waals surface area contributed by atoms with E-state index >= 15 is 0 Å². The van der Waals surface area contributed by atoms with Gasteiger partial charge in [0.2, 0.25) is 0 Å². The van der Waals surface area contributed by atoms with E-state index in [1.54, 1.807) is 0 Å². The molecule has 0 fully saturated rings. The van der Waals surface area contributed by atoms with Crippen molar-refractivity contribution in [3.8, 4) is 0 Å². The molecule has 1 aromatic rings. The highest BCUT2D eigenvalue weighted by Crippen LogP contribution is 2.29. The lowest BCUT2D eigenvalue weighted by atomic mass is 9.79. The first-order valence-electron chi connectivity index (χ1n) is 6.11. The molecule has 0 aromatic heterocycles. The molecule has 1 aromatic carbocycles. The molecule has 2 nitrogen and oxygen atoms in total. The van der Waals surface area contributed by atoms with Crippen molar-refractivity contribution in [2.24, 2.45) is 0 Å². The van der Waals surface area contributed by atoms with Crippen LogP contribution in [0.1, 0.15) is 36.1 Å². The Morgan fingerprint density at radius 3 is 2.18 bits per heavy atom. The van der Waals surface area contributed by atoms with E-state index in [-0.39, 0.29) is 5.41 Å². The highest BCUT2D eigenvalue weighted by atomic mass is 16.1. The van der Waals surface area contributed by atoms with E-state index in [2.05, 4.69) is 52.1 Å². The highest BCUT2D eigenvalue weighted by molar-refractivity contribution is 5.52. The summed E-state index contributed by atoms with van der Waals surface area (Å²) in [4.78, 5) is 10.3. The summed E-state index contributed by atoms with van der Waals surface area (Å²) >= 11 is 0. The van der Waals surface area contributed by atoms with Crippen LogP contribution < -0.4 is 5.32 Å². The zero-order valence-corrected chi connectivity index (χ0v) is 11.6. The van der Waals surface area contributed by atoms with Gasteiger partial charge in [0.25, 0.3) is 0 Å². The molecule has 0 aliphatic rings. The van der Waals surface area contributed by atoms with Crippen LogP contribution in [0.25, 0.3) is 0 Å². The molecule has 2 heteroatoms. The second-order valence-corrected chi connectivity index (χ2v) is 5.46. The number of aryl methyl sites for hydroxylation is 3. The van der Waals surface area contributed by atoms with Crippen molar-refractivity contribution in [2.45, 2.75) is 40.0 Å². The first-order valence-corrected chi connectivity index (χ1v) is 6.11. The first-order chi connectivity index (χ1) is 7.88. The topological polar surface area (TPSA) is 29.1 Å². The van der Waals surface area contributed by atoms with Crippen molar-refractivity contribution in [1.82, 2.24) is 5.32 Å². The van der Waals surface area contributed by atoms with Gasteiger partial charge >= 0.3 is 0 Å². The molecule has 1 rings (SSSR count). The van der Waals surface area contributed by atoms with Crippen molar-refractivity contribution in [1.29, 1.82) is 0 Å². The average molecular weight is 233 g/mol. The van der Waals surface area contributed by atoms with E-state index in [9.17, 15) is 4.79 Å². The van der Waals surface area contributed by atoms with Gasteiger partial charge in [-0.2, -0.15) is 0 Å². The molecule has 1 N–H and O–H groups in total. The van der Waals surface area contributed by atoms with Gasteiger partial charge in [-0.25, -0.2) is 0 Å². The molecule has 17 heavy (non-hydrogen) atoms. The number of nitrogens with one attached hydrogen (secondary N) is 1. The normalized spacial score (nSPS) is 11.6. The third kappa shape index (κ3) is 3.40. The number of benzene rings is 1. The van der Waals surface area contributed by atoms with Gasteiger partial charge in [-0.15, -0.1) is 0 Å². The monoisotopic (exact) mass is 233 g/mol. The van der Waals surface area contributed by atoms with E-state index in [0.29, 0.717) is 6.54 Å². The second-order valence-electron chi connectivity index (χ2n) is 5.46. The molecule has 0 spiro atoms. The fourth-order valence-corrected chi connectivity index (χ4v) is 2.78. The summed E-state index contributed by atoms with van der Waals surface area (Å²) < 4.78 is 0. The molecule has 94 valence electrons. The van der Waals surface area contributed by atoms with E-state index in [1.165, 1.54) is 22.3 Å². The summed E-state index contributed by atoms with van der Waals surface area (Å²) in [6.07, 6.45) is 0.908. The second kappa shape index (κ2) is 5.46. The third-order valence-corrected chi connectivity index (χ3v) is 3.15. The Kier molecular flexibility index (Phi) is 4.47. The van der Waals surface area contributed by atoms with Gasteiger partial charge in [-0.05, 0) is 37.5 Å². The van der Waals surface area contributed by atoms with Crippen molar-refractivity contribution in [3.05, 3.63) is 34.4 Å². The summed E-state index contributed by atoms with van der Waals surface area (Å²) in [6.45, 7) is 12.1. The molecule has 0 heterocycles. The molecular weight excluding hydrogens is 210 g/mol. The maximum atomic E-state index is 10.3. The maximum absolute atomic E-state index is 10.3. The fourth-order valence-electron chi connectivity index (χ4n) is 2.78. The first kappa shape index (κ1) is 13.9. The van der Waals surface area contributed by atoms with Crippen molar-refractivity contribution >= 4 is 6.29 Å². The highest BCUT2D eigenvalue weighted by Gasteiger charge is 2.24. The van der Waals surface area contributed by atoms with Crippen LogP contribution in [0.3, 0.4) is 0 Å². The van der Waals surface area contributed by atoms with E-state index in [0.717, 1.165) is 12.8 Å². The van der Waals surface area contributed by atoms with Crippen LogP contribution in [0.5, 0.6) is 0 Å². The van der Waals surface area contributed by atoms with Crippen LogP contribution in [0, 0.1) is 20.8 Å². The predicted molar refractivity (Wildman–Crippen MR) is 72.6 cm³/mol. The Morgan fingerprint density at radius 1 is 1.18 bits per heavy atom. The van der Waals surface area contributed by atoms with Gasteiger partial charge in [-0.1, -0.05) is 31.5 Å². The maximum Gasteiger partial charge on any atom is 0.133 e. The molecule has 0 unspecified atom stereocenters. The molecule has 0 saturated carbocycles. The van der Waals surface area contributed by atoms with E-state index < -0.39 is 0 Å². The largest absolute Gasteiger partial charge is 0.309 e. The van der Waals surface area contributed by atoms with Crippen LogP contribution >= 0.6 is 0 Å². The number of carbonyl (C=O) groups is 1. The van der Waals surface area contributed by atoms with Crippen molar-refractivity contribution in [3.63, 3.8) is 0 Å². The number of carbonyl (C=O) groups excluding carboxylic acids is 1. The summed E-state index contributed by atoms with van der Waals surface area (Å²) in [5.41, 5.74) is 5.41. The Balaban J connectivity index is 3.01. The minimum Gasteiger partial charge on any atom is -0.309 e. The third-order valence-electron chi connectivity index (χ3n) is 3.15. The van der Waals surface area contributed by atoms with Crippen LogP contribution in [0.2, 0.25) is 0 Å². The number of hydrogen-bond acceptors (Lipinski definition) is 2. The summed E-state index contributed by atoms with van der Waals surface area (Å²) in [7, 11) is 0. The lowest BCUT2D eigenvalue weighted by Crippen LogP contribution is -2.35. The Labute approximate surface area is 104 Å². The molecule has 0 atom stereocenters. The molecule has 0 bridgehead atoms. The lowest BCUT2D eigenvalue weighted by Gasteiger charge is -2.29. The van der Waals surface area contributed by atoms with Gasteiger partial charge in [0.15, 0.2) is 0 Å². The zero-order valence-electron chi connectivity index (χ0n) is 11.6. The lowest BCUT2D eigenvalue weighted by molar-refractivity contribution is -0.107. The average Bonchev–Trinajstić information content (AvgIpc) is 2.15. The predicted octanol–water partition coefficient (Wildman–Crippen LogP) is 2.68. The van der Waals surface area contributed by atoms with Crippen molar-refractivity contribution < 1.29 is 4.79 Å². The quantitative estimate of drug-likeness (QED) is 0.626. The van der Waals surface area contributed by atoms with Crippen LogP contribution in [-0.4, -0.2) is 19.4 Å². The summed E-state index contributed by atoms with van der Waals surface area (Å²) in [6, 6.07) is 4.45. The van der Waals surface area contributed by atoms with Crippen molar-refractivity contribution in [2.75, 3.05) is 13.1 Å². The summed E-state index contributed by atoms with van der Waals surface area (Å²) in [5.74, 6) is 0. The molecule has 0 amide bonds. The Morgan fingerprint density at radius 2 is 1.71 bits per heavy atom. The summed E-state index contributed by atoms with van der Waals surface area (Å²) in [5, 5.41) is 3.17. The van der Waals surface area contributed by atoms with Crippen LogP contribution in [0.4, 0.5) is 0 Å². The number of rotatable bonds is 5. The van der Waals surface area contributed by atoms with Gasteiger partial charge in [0.05, 0.1) is 6.54 Å². The van der Waals surface area contributed by atoms with Gasteiger partial charge in [0.1, 0.15) is 6.29 Å². The van der Waals surface area contributed by atoms with Crippen LogP contribution in [0.15, 0.2) is 12.1 Å². The minimum atomic E-state index is 0.0465.